The average molecular weight is 328 g/mol. The lowest BCUT2D eigenvalue weighted by Gasteiger charge is -2.06. The Morgan fingerprint density at radius 3 is 2.44 bits per heavy atom. The Morgan fingerprint density at radius 2 is 1.64 bits per heavy atom. The molecular weight excluding hydrogens is 312 g/mol. The van der Waals surface area contributed by atoms with E-state index in [2.05, 4.69) is 9.97 Å². The number of rotatable bonds is 3. The van der Waals surface area contributed by atoms with E-state index < -0.39 is 5.97 Å². The highest BCUT2D eigenvalue weighted by Gasteiger charge is 2.21. The van der Waals surface area contributed by atoms with Crippen molar-refractivity contribution in [1.82, 2.24) is 9.97 Å². The van der Waals surface area contributed by atoms with Crippen LogP contribution in [0, 0.1) is 0 Å². The minimum absolute atomic E-state index is 0.290. The first-order valence-corrected chi connectivity index (χ1v) is 8.00. The van der Waals surface area contributed by atoms with Gasteiger partial charge in [0.25, 0.3) is 0 Å². The highest BCUT2D eigenvalue weighted by molar-refractivity contribution is 6.02. The van der Waals surface area contributed by atoms with Gasteiger partial charge in [0.15, 0.2) is 5.69 Å². The van der Waals surface area contributed by atoms with E-state index in [0.29, 0.717) is 11.5 Å². The van der Waals surface area contributed by atoms with E-state index in [1.165, 1.54) is 7.11 Å². The number of hydrogen-bond donors (Lipinski definition) is 1. The maximum atomic E-state index is 12.3. The van der Waals surface area contributed by atoms with Crippen LogP contribution in [0.4, 0.5) is 0 Å². The zero-order chi connectivity index (χ0) is 17.2. The molecule has 0 atom stereocenters. The minimum atomic E-state index is -0.457. The monoisotopic (exact) mass is 328 g/mol. The van der Waals surface area contributed by atoms with Crippen molar-refractivity contribution in [3.63, 3.8) is 0 Å². The fourth-order valence-electron chi connectivity index (χ4n) is 2.99. The SMILES string of the molecule is COC(=O)c1nc(-c2ccccc2)[nH]c1-c1cccc2ccccc12. The summed E-state index contributed by atoms with van der Waals surface area (Å²) in [6.45, 7) is 0. The second-order valence-electron chi connectivity index (χ2n) is 5.69. The summed E-state index contributed by atoms with van der Waals surface area (Å²) in [7, 11) is 1.37. The first-order valence-electron chi connectivity index (χ1n) is 8.00. The molecule has 4 rings (SSSR count). The Labute approximate surface area is 145 Å². The molecule has 0 saturated heterocycles. The maximum absolute atomic E-state index is 12.3. The second kappa shape index (κ2) is 6.24. The van der Waals surface area contributed by atoms with Crippen molar-refractivity contribution in [3.8, 4) is 22.6 Å². The molecule has 3 aromatic carbocycles. The number of esters is 1. The Morgan fingerprint density at radius 1 is 0.920 bits per heavy atom. The number of carbonyl (C=O) groups is 1. The Bertz CT molecular complexity index is 1050. The second-order valence-corrected chi connectivity index (χ2v) is 5.69. The summed E-state index contributed by atoms with van der Waals surface area (Å²) in [5.41, 5.74) is 2.80. The summed E-state index contributed by atoms with van der Waals surface area (Å²) >= 11 is 0. The third-order valence-corrected chi connectivity index (χ3v) is 4.19. The molecular formula is C21H16N2O2. The molecule has 0 spiro atoms. The molecule has 0 aliphatic carbocycles. The molecule has 1 heterocycles. The molecule has 0 unspecified atom stereocenters. The third-order valence-electron chi connectivity index (χ3n) is 4.19. The van der Waals surface area contributed by atoms with Gasteiger partial charge >= 0.3 is 5.97 Å². The molecule has 0 radical (unpaired) electrons. The molecule has 0 bridgehead atoms. The molecule has 25 heavy (non-hydrogen) atoms. The average Bonchev–Trinajstić information content (AvgIpc) is 3.13. The van der Waals surface area contributed by atoms with Crippen molar-refractivity contribution in [1.29, 1.82) is 0 Å². The van der Waals surface area contributed by atoms with E-state index in [0.717, 1.165) is 21.9 Å². The van der Waals surface area contributed by atoms with E-state index in [1.807, 2.05) is 72.8 Å². The summed E-state index contributed by atoms with van der Waals surface area (Å²) in [4.78, 5) is 20.1. The summed E-state index contributed by atoms with van der Waals surface area (Å²) in [5.74, 6) is 0.185. The first-order chi connectivity index (χ1) is 12.3. The van der Waals surface area contributed by atoms with Crippen LogP contribution in [0.5, 0.6) is 0 Å². The van der Waals surface area contributed by atoms with Gasteiger partial charge in [-0.1, -0.05) is 72.8 Å². The number of aromatic nitrogens is 2. The van der Waals surface area contributed by atoms with Gasteiger partial charge in [0.1, 0.15) is 5.82 Å². The van der Waals surface area contributed by atoms with Crippen molar-refractivity contribution in [2.75, 3.05) is 7.11 Å². The molecule has 0 aliphatic rings. The minimum Gasteiger partial charge on any atom is -0.464 e. The van der Waals surface area contributed by atoms with Gasteiger partial charge in [0.2, 0.25) is 0 Å². The number of benzene rings is 3. The lowest BCUT2D eigenvalue weighted by Crippen LogP contribution is -2.03. The topological polar surface area (TPSA) is 55.0 Å². The number of nitrogens with zero attached hydrogens (tertiary/aromatic N) is 1. The van der Waals surface area contributed by atoms with Crippen LogP contribution in [0.3, 0.4) is 0 Å². The quantitative estimate of drug-likeness (QED) is 0.555. The summed E-state index contributed by atoms with van der Waals surface area (Å²) in [5, 5.41) is 2.16. The molecule has 1 aromatic heterocycles. The number of methoxy groups -OCH3 is 1. The van der Waals surface area contributed by atoms with Crippen LogP contribution in [0.2, 0.25) is 0 Å². The zero-order valence-corrected chi connectivity index (χ0v) is 13.7. The van der Waals surface area contributed by atoms with Crippen LogP contribution < -0.4 is 0 Å². The van der Waals surface area contributed by atoms with E-state index in [-0.39, 0.29) is 5.69 Å². The molecule has 0 saturated carbocycles. The normalized spacial score (nSPS) is 10.8. The number of imidazole rings is 1. The summed E-state index contributed by atoms with van der Waals surface area (Å²) in [6, 6.07) is 23.8. The molecule has 4 nitrogen and oxygen atoms in total. The smallest absolute Gasteiger partial charge is 0.358 e. The fraction of sp³-hybridized carbons (Fsp3) is 0.0476. The first kappa shape index (κ1) is 15.1. The highest BCUT2D eigenvalue weighted by atomic mass is 16.5. The van der Waals surface area contributed by atoms with Crippen LogP contribution >= 0.6 is 0 Å². The maximum Gasteiger partial charge on any atom is 0.358 e. The van der Waals surface area contributed by atoms with Crippen LogP contribution in [0.25, 0.3) is 33.4 Å². The Balaban J connectivity index is 1.97. The Hall–Kier alpha value is -3.40. The number of carbonyl (C=O) groups excluding carboxylic acids is 1. The fourth-order valence-corrected chi connectivity index (χ4v) is 2.99. The lowest BCUT2D eigenvalue weighted by molar-refractivity contribution is 0.0595. The van der Waals surface area contributed by atoms with Crippen LogP contribution in [0.15, 0.2) is 72.8 Å². The molecule has 4 heteroatoms. The van der Waals surface area contributed by atoms with Crippen molar-refractivity contribution < 1.29 is 9.53 Å². The van der Waals surface area contributed by atoms with Crippen LogP contribution in [0.1, 0.15) is 10.5 Å². The molecule has 1 N–H and O–H groups in total. The van der Waals surface area contributed by atoms with Gasteiger partial charge in [0.05, 0.1) is 12.8 Å². The number of H-pyrrole nitrogens is 1. The number of fused-ring (bicyclic) bond motifs is 1. The van der Waals surface area contributed by atoms with Gasteiger partial charge in [-0.15, -0.1) is 0 Å². The molecule has 0 amide bonds. The molecule has 0 aliphatic heterocycles. The lowest BCUT2D eigenvalue weighted by atomic mass is 10.0. The van der Waals surface area contributed by atoms with Crippen molar-refractivity contribution >= 4 is 16.7 Å². The van der Waals surface area contributed by atoms with E-state index in [4.69, 9.17) is 4.74 Å². The van der Waals surface area contributed by atoms with Gasteiger partial charge in [-0.3, -0.25) is 0 Å². The summed E-state index contributed by atoms with van der Waals surface area (Å²) < 4.78 is 4.94. The van der Waals surface area contributed by atoms with Crippen molar-refractivity contribution in [3.05, 3.63) is 78.5 Å². The third kappa shape index (κ3) is 2.68. The number of hydrogen-bond acceptors (Lipinski definition) is 3. The standard InChI is InChI=1S/C21H16N2O2/c1-25-21(24)19-18(22-20(23-19)15-9-3-2-4-10-15)17-13-7-11-14-8-5-6-12-16(14)17/h2-13H,1H3,(H,22,23). The number of nitrogens with one attached hydrogen (secondary N) is 1. The van der Waals surface area contributed by atoms with Crippen molar-refractivity contribution in [2.24, 2.45) is 0 Å². The highest BCUT2D eigenvalue weighted by Crippen LogP contribution is 2.32. The van der Waals surface area contributed by atoms with E-state index in [1.54, 1.807) is 0 Å². The largest absolute Gasteiger partial charge is 0.464 e. The zero-order valence-electron chi connectivity index (χ0n) is 13.7. The van der Waals surface area contributed by atoms with Crippen LogP contribution in [-0.4, -0.2) is 23.0 Å². The van der Waals surface area contributed by atoms with Crippen molar-refractivity contribution in [2.45, 2.75) is 0 Å². The van der Waals surface area contributed by atoms with E-state index >= 15 is 0 Å². The molecule has 0 fully saturated rings. The Kier molecular flexibility index (Phi) is 3.78. The predicted molar refractivity (Wildman–Crippen MR) is 98.3 cm³/mol. The van der Waals surface area contributed by atoms with E-state index in [9.17, 15) is 4.79 Å². The van der Waals surface area contributed by atoms with Gasteiger partial charge in [-0.25, -0.2) is 9.78 Å². The van der Waals surface area contributed by atoms with Gasteiger partial charge < -0.3 is 9.72 Å². The summed E-state index contributed by atoms with van der Waals surface area (Å²) in [6.07, 6.45) is 0. The van der Waals surface area contributed by atoms with Gasteiger partial charge in [-0.05, 0) is 10.8 Å². The number of aromatic amines is 1. The van der Waals surface area contributed by atoms with Gasteiger partial charge in [-0.2, -0.15) is 0 Å². The predicted octanol–water partition coefficient (Wildman–Crippen LogP) is 4.68. The number of ether oxygens (including phenoxy) is 1. The molecule has 122 valence electrons. The van der Waals surface area contributed by atoms with Gasteiger partial charge in [0, 0.05) is 11.1 Å². The van der Waals surface area contributed by atoms with Crippen LogP contribution in [-0.2, 0) is 4.74 Å². The molecule has 4 aromatic rings.